The molecule has 1 N–H and O–H groups in total. The van der Waals surface area contributed by atoms with Crippen molar-refractivity contribution in [3.8, 4) is 5.75 Å². The van der Waals surface area contributed by atoms with Crippen molar-refractivity contribution in [2.45, 2.75) is 26.4 Å². The molecule has 4 rings (SSSR count). The highest BCUT2D eigenvalue weighted by atomic mass is 16.6. The topological polar surface area (TPSA) is 117 Å². The Bertz CT molecular complexity index is 1360. The third-order valence-electron chi connectivity index (χ3n) is 5.92. The maximum Gasteiger partial charge on any atom is 0.312 e. The number of nitro groups is 1. The zero-order chi connectivity index (χ0) is 25.1. The molecule has 1 amide bonds. The van der Waals surface area contributed by atoms with E-state index in [0.29, 0.717) is 29.3 Å². The van der Waals surface area contributed by atoms with Crippen molar-refractivity contribution in [3.05, 3.63) is 105 Å². The van der Waals surface area contributed by atoms with Crippen LogP contribution >= 0.6 is 0 Å². The molecule has 0 spiro atoms. The quantitative estimate of drug-likeness (QED) is 0.307. The Morgan fingerprint density at radius 2 is 1.83 bits per heavy atom. The second-order valence-electron chi connectivity index (χ2n) is 8.21. The van der Waals surface area contributed by atoms with E-state index in [1.165, 1.54) is 0 Å². The van der Waals surface area contributed by atoms with Gasteiger partial charge in [0.05, 0.1) is 18.6 Å². The van der Waals surface area contributed by atoms with E-state index in [0.717, 1.165) is 16.9 Å². The largest absolute Gasteiger partial charge is 0.497 e. The van der Waals surface area contributed by atoms with Gasteiger partial charge in [0.1, 0.15) is 29.0 Å². The van der Waals surface area contributed by atoms with Crippen LogP contribution in [-0.2, 0) is 13.6 Å². The van der Waals surface area contributed by atoms with E-state index in [1.54, 1.807) is 44.0 Å². The van der Waals surface area contributed by atoms with Crippen molar-refractivity contribution in [3.63, 3.8) is 0 Å². The summed E-state index contributed by atoms with van der Waals surface area (Å²) in [5.74, 6) is 1.18. The molecule has 10 heteroatoms. The Labute approximate surface area is 202 Å². The zero-order valence-electron chi connectivity index (χ0n) is 19.9. The third kappa shape index (κ3) is 4.91. The van der Waals surface area contributed by atoms with E-state index in [9.17, 15) is 14.9 Å². The van der Waals surface area contributed by atoms with Crippen LogP contribution in [0.15, 0.2) is 60.9 Å². The molecule has 0 saturated heterocycles. The van der Waals surface area contributed by atoms with Gasteiger partial charge in [0.25, 0.3) is 5.91 Å². The summed E-state index contributed by atoms with van der Waals surface area (Å²) < 4.78 is 8.71. The monoisotopic (exact) mass is 474 g/mol. The van der Waals surface area contributed by atoms with Gasteiger partial charge in [0, 0.05) is 25.0 Å². The van der Waals surface area contributed by atoms with Crippen molar-refractivity contribution in [1.82, 2.24) is 24.6 Å². The Balaban J connectivity index is 1.53. The number of hydrogen-bond acceptors (Lipinski definition) is 6. The minimum atomic E-state index is -0.455. The van der Waals surface area contributed by atoms with Gasteiger partial charge in [-0.05, 0) is 49.2 Å². The fourth-order valence-electron chi connectivity index (χ4n) is 4.00. The fraction of sp³-hybridized carbons (Fsp3) is 0.240. The highest BCUT2D eigenvalue weighted by Crippen LogP contribution is 2.24. The van der Waals surface area contributed by atoms with Crippen LogP contribution in [0.2, 0.25) is 0 Å². The van der Waals surface area contributed by atoms with Crippen LogP contribution in [0.4, 0.5) is 5.69 Å². The van der Waals surface area contributed by atoms with E-state index in [-0.39, 0.29) is 11.6 Å². The van der Waals surface area contributed by atoms with Crippen molar-refractivity contribution in [1.29, 1.82) is 0 Å². The number of methoxy groups -OCH3 is 1. The number of aromatic nitrogens is 4. The van der Waals surface area contributed by atoms with Crippen LogP contribution in [0.25, 0.3) is 0 Å². The van der Waals surface area contributed by atoms with Gasteiger partial charge in [0.15, 0.2) is 0 Å². The Morgan fingerprint density at radius 1 is 1.14 bits per heavy atom. The standard InChI is InChI=1S/C25H26N6O4/c1-16-23(31(33)34)17(2)30(28-16)15-18-5-7-20(8-6-18)25(32)27-22(24-26-13-14-29(24)3)19-9-11-21(35-4)12-10-19/h5-14,22H,15H2,1-4H3,(H,27,32). The smallest absolute Gasteiger partial charge is 0.312 e. The number of nitrogens with one attached hydrogen (secondary N) is 1. The summed E-state index contributed by atoms with van der Waals surface area (Å²) in [6, 6.07) is 14.1. The van der Waals surface area contributed by atoms with Crippen LogP contribution in [-0.4, -0.2) is 37.3 Å². The molecule has 180 valence electrons. The maximum absolute atomic E-state index is 13.1. The third-order valence-corrected chi connectivity index (χ3v) is 5.92. The lowest BCUT2D eigenvalue weighted by Gasteiger charge is -2.19. The molecule has 0 bridgehead atoms. The summed E-state index contributed by atoms with van der Waals surface area (Å²) >= 11 is 0. The van der Waals surface area contributed by atoms with Crippen LogP contribution in [0.1, 0.15) is 44.7 Å². The molecule has 2 aromatic carbocycles. The Hall–Kier alpha value is -4.47. The molecule has 4 aromatic rings. The van der Waals surface area contributed by atoms with Crippen LogP contribution in [0.3, 0.4) is 0 Å². The molecule has 35 heavy (non-hydrogen) atoms. The summed E-state index contributed by atoms with van der Waals surface area (Å²) in [5.41, 5.74) is 3.13. The number of aryl methyl sites for hydroxylation is 2. The molecule has 0 saturated carbocycles. The van der Waals surface area contributed by atoms with Crippen molar-refractivity contribution in [2.75, 3.05) is 7.11 Å². The second-order valence-corrected chi connectivity index (χ2v) is 8.21. The number of imidazole rings is 1. The molecular formula is C25H26N6O4. The van der Waals surface area contributed by atoms with Gasteiger partial charge in [-0.1, -0.05) is 24.3 Å². The Morgan fingerprint density at radius 3 is 2.37 bits per heavy atom. The lowest BCUT2D eigenvalue weighted by molar-refractivity contribution is -0.386. The molecule has 0 radical (unpaired) electrons. The summed E-state index contributed by atoms with van der Waals surface area (Å²) in [6.45, 7) is 3.66. The number of ether oxygens (including phenoxy) is 1. The average Bonchev–Trinajstić information content (AvgIpc) is 3.39. The summed E-state index contributed by atoms with van der Waals surface area (Å²) in [5, 5.41) is 18.6. The fourth-order valence-corrected chi connectivity index (χ4v) is 4.00. The van der Waals surface area contributed by atoms with Crippen LogP contribution in [0.5, 0.6) is 5.75 Å². The molecule has 1 atom stereocenters. The highest BCUT2D eigenvalue weighted by molar-refractivity contribution is 5.94. The van der Waals surface area contributed by atoms with Gasteiger partial charge in [0.2, 0.25) is 0 Å². The maximum atomic E-state index is 13.1. The van der Waals surface area contributed by atoms with Gasteiger partial charge in [-0.15, -0.1) is 0 Å². The summed E-state index contributed by atoms with van der Waals surface area (Å²) in [7, 11) is 3.48. The number of rotatable bonds is 8. The van der Waals surface area contributed by atoms with Crippen molar-refractivity contribution < 1.29 is 14.5 Å². The lowest BCUT2D eigenvalue weighted by atomic mass is 10.0. The second kappa shape index (κ2) is 9.80. The van der Waals surface area contributed by atoms with E-state index in [1.807, 2.05) is 54.2 Å². The molecule has 0 aliphatic carbocycles. The highest BCUT2D eigenvalue weighted by Gasteiger charge is 2.23. The molecule has 0 aliphatic rings. The number of carbonyl (C=O) groups is 1. The first kappa shape index (κ1) is 23.7. The zero-order valence-corrected chi connectivity index (χ0v) is 19.9. The van der Waals surface area contributed by atoms with Gasteiger partial charge in [-0.3, -0.25) is 19.6 Å². The normalized spacial score (nSPS) is 11.8. The number of carbonyl (C=O) groups excluding carboxylic acids is 1. The van der Waals surface area contributed by atoms with Crippen molar-refractivity contribution in [2.24, 2.45) is 7.05 Å². The Kier molecular flexibility index (Phi) is 6.63. The first-order valence-corrected chi connectivity index (χ1v) is 11.0. The molecule has 2 aromatic heterocycles. The van der Waals surface area contributed by atoms with E-state index in [2.05, 4.69) is 15.4 Å². The van der Waals surface area contributed by atoms with Gasteiger partial charge < -0.3 is 14.6 Å². The van der Waals surface area contributed by atoms with E-state index in [4.69, 9.17) is 4.74 Å². The predicted molar refractivity (Wildman–Crippen MR) is 129 cm³/mol. The average molecular weight is 475 g/mol. The van der Waals surface area contributed by atoms with Crippen LogP contribution < -0.4 is 10.1 Å². The van der Waals surface area contributed by atoms with Crippen molar-refractivity contribution >= 4 is 11.6 Å². The summed E-state index contributed by atoms with van der Waals surface area (Å²) in [4.78, 5) is 28.4. The number of benzene rings is 2. The van der Waals surface area contributed by atoms with Crippen LogP contribution in [0, 0.1) is 24.0 Å². The minimum absolute atomic E-state index is 0.0276. The molecule has 1 unspecified atom stereocenters. The van der Waals surface area contributed by atoms with E-state index < -0.39 is 11.0 Å². The van der Waals surface area contributed by atoms with Gasteiger partial charge in [-0.2, -0.15) is 5.10 Å². The number of nitrogens with zero attached hydrogens (tertiary/aromatic N) is 5. The van der Waals surface area contributed by atoms with E-state index >= 15 is 0 Å². The number of hydrogen-bond donors (Lipinski definition) is 1. The molecule has 10 nitrogen and oxygen atoms in total. The SMILES string of the molecule is COc1ccc(C(NC(=O)c2ccc(Cn3nc(C)c([N+](=O)[O-])c3C)cc2)c2nccn2C)cc1. The summed E-state index contributed by atoms with van der Waals surface area (Å²) in [6.07, 6.45) is 3.52. The molecule has 0 fully saturated rings. The number of amides is 1. The first-order chi connectivity index (χ1) is 16.8. The predicted octanol–water partition coefficient (Wildman–Crippen LogP) is 3.72. The molecule has 0 aliphatic heterocycles. The first-order valence-electron chi connectivity index (χ1n) is 11.0. The van der Waals surface area contributed by atoms with Gasteiger partial charge >= 0.3 is 5.69 Å². The lowest BCUT2D eigenvalue weighted by Crippen LogP contribution is -2.31. The van der Waals surface area contributed by atoms with Gasteiger partial charge in [-0.25, -0.2) is 4.98 Å². The minimum Gasteiger partial charge on any atom is -0.497 e. The molecule has 2 heterocycles. The molecular weight excluding hydrogens is 448 g/mol.